The zero-order valence-corrected chi connectivity index (χ0v) is 20.2. The van der Waals surface area contributed by atoms with Gasteiger partial charge in [0.05, 0.1) is 34.7 Å². The Kier molecular flexibility index (Phi) is 6.97. The molecule has 3 aromatic carbocycles. The van der Waals surface area contributed by atoms with Gasteiger partial charge < -0.3 is 9.47 Å². The Balaban J connectivity index is 1.43. The molecule has 34 heavy (non-hydrogen) atoms. The van der Waals surface area contributed by atoms with E-state index in [2.05, 4.69) is 10.5 Å². The first-order chi connectivity index (χ1) is 16.2. The molecule has 0 bridgehead atoms. The number of hydrogen-bond acceptors (Lipinski definition) is 6. The first-order valence-electron chi connectivity index (χ1n) is 9.96. The molecular weight excluding hydrogens is 501 g/mol. The molecule has 1 aliphatic heterocycles. The van der Waals surface area contributed by atoms with Gasteiger partial charge in [0, 0.05) is 5.56 Å². The number of carbonyl (C=O) groups excluding carboxylic acids is 1. The number of nitrogens with one attached hydrogen (secondary N) is 1. The molecule has 8 nitrogen and oxygen atoms in total. The summed E-state index contributed by atoms with van der Waals surface area (Å²) < 4.78 is 36.5. The molecule has 0 saturated carbocycles. The van der Waals surface area contributed by atoms with Gasteiger partial charge in [0.2, 0.25) is 16.8 Å². The van der Waals surface area contributed by atoms with E-state index in [1.807, 2.05) is 0 Å². The maximum Gasteiger partial charge on any atom is 0.271 e. The van der Waals surface area contributed by atoms with Crippen LogP contribution >= 0.6 is 23.2 Å². The van der Waals surface area contributed by atoms with Crippen molar-refractivity contribution >= 4 is 51.0 Å². The van der Waals surface area contributed by atoms with Crippen LogP contribution in [0.3, 0.4) is 0 Å². The second-order valence-electron chi connectivity index (χ2n) is 7.35. The van der Waals surface area contributed by atoms with Crippen molar-refractivity contribution in [3.63, 3.8) is 0 Å². The van der Waals surface area contributed by atoms with Crippen molar-refractivity contribution in [2.45, 2.75) is 6.54 Å². The van der Waals surface area contributed by atoms with E-state index in [0.29, 0.717) is 22.6 Å². The second kappa shape index (κ2) is 9.92. The summed E-state index contributed by atoms with van der Waals surface area (Å²) in [7, 11) is -3.65. The Morgan fingerprint density at radius 3 is 2.56 bits per heavy atom. The molecule has 0 atom stereocenters. The van der Waals surface area contributed by atoms with Crippen molar-refractivity contribution in [1.29, 1.82) is 0 Å². The molecule has 0 spiro atoms. The van der Waals surface area contributed by atoms with Crippen molar-refractivity contribution in [3.05, 3.63) is 87.4 Å². The molecule has 11 heteroatoms. The van der Waals surface area contributed by atoms with E-state index in [1.54, 1.807) is 60.7 Å². The Hall–Kier alpha value is -3.27. The first-order valence-corrected chi connectivity index (χ1v) is 12.6. The molecule has 0 unspecified atom stereocenters. The zero-order chi connectivity index (χ0) is 24.3. The maximum atomic E-state index is 12.4. The predicted octanol–water partition coefficient (Wildman–Crippen LogP) is 4.45. The number of carbonyl (C=O) groups is 1. The molecule has 0 radical (unpaired) electrons. The van der Waals surface area contributed by atoms with Crippen LogP contribution < -0.4 is 19.2 Å². The van der Waals surface area contributed by atoms with Crippen LogP contribution in [-0.2, 0) is 16.6 Å². The van der Waals surface area contributed by atoms with E-state index in [1.165, 1.54) is 6.21 Å². The van der Waals surface area contributed by atoms with Crippen molar-refractivity contribution in [2.75, 3.05) is 17.4 Å². The molecule has 1 N–H and O–H groups in total. The van der Waals surface area contributed by atoms with Gasteiger partial charge in [-0.05, 0) is 53.6 Å². The normalized spacial score (nSPS) is 12.7. The van der Waals surface area contributed by atoms with Gasteiger partial charge in [-0.3, -0.25) is 9.10 Å². The fourth-order valence-electron chi connectivity index (χ4n) is 3.22. The first kappa shape index (κ1) is 23.9. The van der Waals surface area contributed by atoms with E-state index in [9.17, 15) is 13.2 Å². The number of rotatable bonds is 7. The Bertz CT molecular complexity index is 1360. The molecule has 0 saturated heterocycles. The number of benzene rings is 3. The minimum absolute atomic E-state index is 0.0169. The van der Waals surface area contributed by atoms with Crippen LogP contribution in [0.2, 0.25) is 10.0 Å². The molecule has 0 aromatic heterocycles. The van der Waals surface area contributed by atoms with Gasteiger partial charge in [0.15, 0.2) is 11.5 Å². The molecule has 0 aliphatic carbocycles. The average molecular weight is 520 g/mol. The van der Waals surface area contributed by atoms with Gasteiger partial charge in [-0.15, -0.1) is 0 Å². The summed E-state index contributed by atoms with van der Waals surface area (Å²) in [5, 5.41) is 4.36. The van der Waals surface area contributed by atoms with Crippen molar-refractivity contribution < 1.29 is 22.7 Å². The van der Waals surface area contributed by atoms with E-state index in [-0.39, 0.29) is 29.1 Å². The van der Waals surface area contributed by atoms with Crippen LogP contribution in [-0.4, -0.2) is 33.6 Å². The summed E-state index contributed by atoms with van der Waals surface area (Å²) in [6.07, 6.45) is 2.58. The van der Waals surface area contributed by atoms with Gasteiger partial charge in [0.1, 0.15) is 0 Å². The Morgan fingerprint density at radius 1 is 1.09 bits per heavy atom. The van der Waals surface area contributed by atoms with Crippen LogP contribution in [0.1, 0.15) is 21.5 Å². The standard InChI is InChI=1S/C23H19Cl2N3O5S/c1-34(30,31)28(19-4-2-3-18(24)22(19)25)13-15-5-8-17(9-6-15)23(29)27-26-12-16-7-10-20-21(11-16)33-14-32-20/h2-12H,13-14H2,1H3,(H,27,29)/b26-12-. The van der Waals surface area contributed by atoms with Gasteiger partial charge in [-0.25, -0.2) is 13.8 Å². The molecule has 4 rings (SSSR count). The molecular formula is C23H19Cl2N3O5S. The van der Waals surface area contributed by atoms with E-state index < -0.39 is 15.9 Å². The molecule has 176 valence electrons. The van der Waals surface area contributed by atoms with Gasteiger partial charge in [-0.1, -0.05) is 41.4 Å². The highest BCUT2D eigenvalue weighted by atomic mass is 35.5. The van der Waals surface area contributed by atoms with Crippen LogP contribution in [0.25, 0.3) is 0 Å². The molecule has 1 amide bonds. The lowest BCUT2D eigenvalue weighted by atomic mass is 10.1. The van der Waals surface area contributed by atoms with Crippen LogP contribution in [0, 0.1) is 0 Å². The van der Waals surface area contributed by atoms with Gasteiger partial charge >= 0.3 is 0 Å². The number of amides is 1. The highest BCUT2D eigenvalue weighted by molar-refractivity contribution is 7.92. The highest BCUT2D eigenvalue weighted by Crippen LogP contribution is 2.34. The van der Waals surface area contributed by atoms with Crippen molar-refractivity contribution in [1.82, 2.24) is 5.43 Å². The zero-order valence-electron chi connectivity index (χ0n) is 17.9. The maximum absolute atomic E-state index is 12.4. The minimum atomic E-state index is -3.65. The molecule has 0 fully saturated rings. The highest BCUT2D eigenvalue weighted by Gasteiger charge is 2.21. The summed E-state index contributed by atoms with van der Waals surface area (Å²) in [5.41, 5.74) is 4.48. The van der Waals surface area contributed by atoms with Gasteiger partial charge in [0.25, 0.3) is 5.91 Å². The summed E-state index contributed by atoms with van der Waals surface area (Å²) in [4.78, 5) is 12.4. The van der Waals surface area contributed by atoms with Crippen molar-refractivity contribution in [3.8, 4) is 11.5 Å². The summed E-state index contributed by atoms with van der Waals surface area (Å²) in [6.45, 7) is 0.194. The number of hydrogen-bond donors (Lipinski definition) is 1. The molecule has 3 aromatic rings. The number of ether oxygens (including phenoxy) is 2. The Labute approximate surface area is 206 Å². The molecule has 1 heterocycles. The summed E-state index contributed by atoms with van der Waals surface area (Å²) >= 11 is 12.3. The van der Waals surface area contributed by atoms with Crippen molar-refractivity contribution in [2.24, 2.45) is 5.10 Å². The quantitative estimate of drug-likeness (QED) is 0.367. The SMILES string of the molecule is CS(=O)(=O)N(Cc1ccc(C(=O)N/N=C\c2ccc3c(c2)OCO3)cc1)c1cccc(Cl)c1Cl. The number of hydrazone groups is 1. The Morgan fingerprint density at radius 2 is 1.82 bits per heavy atom. The third-order valence-electron chi connectivity index (χ3n) is 4.92. The van der Waals surface area contributed by atoms with E-state index in [4.69, 9.17) is 32.7 Å². The number of halogens is 2. The molecule has 1 aliphatic rings. The topological polar surface area (TPSA) is 97.3 Å². The predicted molar refractivity (Wildman–Crippen MR) is 132 cm³/mol. The average Bonchev–Trinajstić information content (AvgIpc) is 3.27. The van der Waals surface area contributed by atoms with E-state index >= 15 is 0 Å². The fourth-order valence-corrected chi connectivity index (χ4v) is 4.56. The lowest BCUT2D eigenvalue weighted by Gasteiger charge is -2.24. The monoisotopic (exact) mass is 519 g/mol. The smallest absolute Gasteiger partial charge is 0.271 e. The summed E-state index contributed by atoms with van der Waals surface area (Å²) in [6, 6.07) is 16.6. The van der Waals surface area contributed by atoms with Gasteiger partial charge in [-0.2, -0.15) is 5.10 Å². The largest absolute Gasteiger partial charge is 0.454 e. The number of sulfonamides is 1. The minimum Gasteiger partial charge on any atom is -0.454 e. The van der Waals surface area contributed by atoms with E-state index in [0.717, 1.165) is 16.1 Å². The van der Waals surface area contributed by atoms with Crippen LogP contribution in [0.4, 0.5) is 5.69 Å². The third-order valence-corrected chi connectivity index (χ3v) is 6.85. The number of anilines is 1. The lowest BCUT2D eigenvalue weighted by molar-refractivity contribution is 0.0955. The number of fused-ring (bicyclic) bond motifs is 1. The van der Waals surface area contributed by atoms with Crippen LogP contribution in [0.5, 0.6) is 11.5 Å². The summed E-state index contributed by atoms with van der Waals surface area (Å²) in [5.74, 6) is 0.864. The number of nitrogens with zero attached hydrogens (tertiary/aromatic N) is 2. The lowest BCUT2D eigenvalue weighted by Crippen LogP contribution is -2.29. The fraction of sp³-hybridized carbons (Fsp3) is 0.130. The second-order valence-corrected chi connectivity index (χ2v) is 10.0. The third kappa shape index (κ3) is 5.44. The van der Waals surface area contributed by atoms with Crippen LogP contribution in [0.15, 0.2) is 65.8 Å².